The smallest absolute Gasteiger partial charge is 0.243 e. The molecule has 0 aliphatic heterocycles. The minimum Gasteiger partial charge on any atom is -0.396 e. The number of rotatable bonds is 6. The third-order valence-corrected chi connectivity index (χ3v) is 4.75. The Morgan fingerprint density at radius 2 is 2.00 bits per heavy atom. The van der Waals surface area contributed by atoms with Crippen LogP contribution in [0.5, 0.6) is 0 Å². The Labute approximate surface area is 115 Å². The number of halogens is 2. The number of nitrogens with one attached hydrogen (secondary N) is 1. The average Bonchev–Trinajstić information content (AvgIpc) is 2.31. The van der Waals surface area contributed by atoms with Crippen LogP contribution in [0.1, 0.15) is 6.92 Å². The highest BCUT2D eigenvalue weighted by atomic mass is 32.2. The van der Waals surface area contributed by atoms with E-state index in [0.717, 1.165) is 11.8 Å². The summed E-state index contributed by atoms with van der Waals surface area (Å²) in [6.45, 7) is 2.05. The molecule has 1 unspecified atom stereocenters. The molecule has 0 saturated heterocycles. The molecule has 0 aliphatic carbocycles. The van der Waals surface area contributed by atoms with Crippen LogP contribution in [-0.4, -0.2) is 27.0 Å². The zero-order valence-corrected chi connectivity index (χ0v) is 12.2. The third kappa shape index (κ3) is 4.32. The van der Waals surface area contributed by atoms with Crippen molar-refractivity contribution in [2.24, 2.45) is 5.92 Å². The average molecular weight is 310 g/mol. The predicted octanol–water partition coefficient (Wildman–Crippen LogP) is 1.82. The quantitative estimate of drug-likeness (QED) is 0.786. The Bertz CT molecular complexity index is 550. The van der Waals surface area contributed by atoms with Crippen LogP contribution in [0, 0.1) is 17.6 Å². The summed E-state index contributed by atoms with van der Waals surface area (Å²) >= 11 is 1.59. The molecular weight excluding hydrogens is 294 g/mol. The summed E-state index contributed by atoms with van der Waals surface area (Å²) in [5.41, 5.74) is 4.85. The Kier molecular flexibility index (Phi) is 5.57. The Morgan fingerprint density at radius 1 is 1.37 bits per heavy atom. The molecule has 1 rings (SSSR count). The van der Waals surface area contributed by atoms with E-state index in [4.69, 9.17) is 5.73 Å². The molecule has 0 radical (unpaired) electrons. The number of sulfonamides is 1. The van der Waals surface area contributed by atoms with Crippen LogP contribution < -0.4 is 10.5 Å². The maximum Gasteiger partial charge on any atom is 0.243 e. The van der Waals surface area contributed by atoms with Crippen molar-refractivity contribution in [1.82, 2.24) is 4.72 Å². The molecule has 1 aromatic carbocycles. The molecule has 0 amide bonds. The van der Waals surface area contributed by atoms with Gasteiger partial charge in [0.25, 0.3) is 0 Å². The van der Waals surface area contributed by atoms with Crippen LogP contribution in [0.15, 0.2) is 17.0 Å². The molecule has 0 bridgehead atoms. The highest BCUT2D eigenvalue weighted by Crippen LogP contribution is 2.20. The Hall–Kier alpha value is -0.860. The molecule has 0 spiro atoms. The van der Waals surface area contributed by atoms with Crippen molar-refractivity contribution in [2.75, 3.05) is 24.3 Å². The van der Waals surface area contributed by atoms with Gasteiger partial charge in [0.15, 0.2) is 0 Å². The molecular formula is C11H16F2N2O2S2. The molecule has 1 atom stereocenters. The second-order valence-corrected chi connectivity index (χ2v) is 6.86. The predicted molar refractivity (Wildman–Crippen MR) is 73.5 cm³/mol. The summed E-state index contributed by atoms with van der Waals surface area (Å²) in [7, 11) is -4.02. The van der Waals surface area contributed by atoms with E-state index in [1.54, 1.807) is 11.8 Å². The van der Waals surface area contributed by atoms with Gasteiger partial charge in [-0.1, -0.05) is 6.92 Å². The summed E-state index contributed by atoms with van der Waals surface area (Å²) < 4.78 is 52.5. The normalized spacial score (nSPS) is 13.5. The number of hydrogen-bond acceptors (Lipinski definition) is 4. The molecule has 19 heavy (non-hydrogen) atoms. The van der Waals surface area contributed by atoms with Gasteiger partial charge in [0.2, 0.25) is 10.0 Å². The van der Waals surface area contributed by atoms with Crippen LogP contribution in [0.4, 0.5) is 14.5 Å². The number of nitrogens with two attached hydrogens (primary N) is 1. The molecule has 0 fully saturated rings. The van der Waals surface area contributed by atoms with Crippen molar-refractivity contribution in [1.29, 1.82) is 0 Å². The first-order chi connectivity index (χ1) is 8.77. The van der Waals surface area contributed by atoms with Gasteiger partial charge in [0.05, 0.1) is 5.69 Å². The minimum atomic E-state index is -4.02. The van der Waals surface area contributed by atoms with Crippen LogP contribution in [0.3, 0.4) is 0 Å². The lowest BCUT2D eigenvalue weighted by Gasteiger charge is -2.12. The number of hydrogen-bond donors (Lipinski definition) is 2. The van der Waals surface area contributed by atoms with E-state index < -0.39 is 32.2 Å². The summed E-state index contributed by atoms with van der Waals surface area (Å²) in [6.07, 6.45) is 1.91. The van der Waals surface area contributed by atoms with Crippen LogP contribution in [-0.2, 0) is 10.0 Å². The van der Waals surface area contributed by atoms with E-state index in [9.17, 15) is 17.2 Å². The Morgan fingerprint density at radius 3 is 2.58 bits per heavy atom. The van der Waals surface area contributed by atoms with Gasteiger partial charge >= 0.3 is 0 Å². The van der Waals surface area contributed by atoms with E-state index in [-0.39, 0.29) is 12.5 Å². The van der Waals surface area contributed by atoms with E-state index in [2.05, 4.69) is 4.72 Å². The zero-order valence-electron chi connectivity index (χ0n) is 10.6. The molecule has 108 valence electrons. The second-order valence-electron chi connectivity index (χ2n) is 4.22. The Balaban J connectivity index is 2.92. The van der Waals surface area contributed by atoms with Gasteiger partial charge in [0.1, 0.15) is 16.5 Å². The molecule has 4 nitrogen and oxygen atoms in total. The van der Waals surface area contributed by atoms with Gasteiger partial charge in [-0.3, -0.25) is 0 Å². The van der Waals surface area contributed by atoms with Crippen LogP contribution in [0.25, 0.3) is 0 Å². The molecule has 8 heteroatoms. The fourth-order valence-corrected chi connectivity index (χ4v) is 3.37. The highest BCUT2D eigenvalue weighted by Gasteiger charge is 2.21. The maximum absolute atomic E-state index is 13.5. The summed E-state index contributed by atoms with van der Waals surface area (Å²) in [5.74, 6) is -1.26. The van der Waals surface area contributed by atoms with Gasteiger partial charge in [0, 0.05) is 12.6 Å². The van der Waals surface area contributed by atoms with Gasteiger partial charge in [-0.25, -0.2) is 21.9 Å². The number of anilines is 1. The first kappa shape index (κ1) is 16.2. The summed E-state index contributed by atoms with van der Waals surface area (Å²) in [5, 5.41) is 0. The fraction of sp³-hybridized carbons (Fsp3) is 0.455. The van der Waals surface area contributed by atoms with Gasteiger partial charge in [-0.15, -0.1) is 0 Å². The highest BCUT2D eigenvalue weighted by molar-refractivity contribution is 7.98. The molecule has 0 heterocycles. The zero-order chi connectivity index (χ0) is 14.6. The fourth-order valence-electron chi connectivity index (χ4n) is 1.42. The van der Waals surface area contributed by atoms with Crippen LogP contribution >= 0.6 is 11.8 Å². The molecule has 3 N–H and O–H groups in total. The lowest BCUT2D eigenvalue weighted by Crippen LogP contribution is -2.30. The van der Waals surface area contributed by atoms with Crippen molar-refractivity contribution < 1.29 is 17.2 Å². The first-order valence-electron chi connectivity index (χ1n) is 5.51. The molecule has 0 aliphatic rings. The van der Waals surface area contributed by atoms with E-state index >= 15 is 0 Å². The summed E-state index contributed by atoms with van der Waals surface area (Å²) in [6, 6.07) is 1.25. The lowest BCUT2D eigenvalue weighted by atomic mass is 10.2. The van der Waals surface area contributed by atoms with Crippen LogP contribution in [0.2, 0.25) is 0 Å². The van der Waals surface area contributed by atoms with Crippen molar-refractivity contribution in [2.45, 2.75) is 11.8 Å². The van der Waals surface area contributed by atoms with Gasteiger partial charge in [-0.05, 0) is 24.0 Å². The SMILES string of the molecule is CSCC(C)CNS(=O)(=O)c1cc(N)c(F)cc1F. The van der Waals surface area contributed by atoms with Crippen molar-refractivity contribution >= 4 is 27.5 Å². The maximum atomic E-state index is 13.5. The number of thioether (sulfide) groups is 1. The van der Waals surface area contributed by atoms with Crippen molar-refractivity contribution in [3.8, 4) is 0 Å². The third-order valence-electron chi connectivity index (χ3n) is 2.41. The lowest BCUT2D eigenvalue weighted by molar-refractivity contribution is 0.537. The molecule has 0 aromatic heterocycles. The minimum absolute atomic E-state index is 0.102. The van der Waals surface area contributed by atoms with Crippen molar-refractivity contribution in [3.05, 3.63) is 23.8 Å². The monoisotopic (exact) mass is 310 g/mol. The number of benzene rings is 1. The second kappa shape index (κ2) is 6.53. The molecule has 0 saturated carbocycles. The van der Waals surface area contributed by atoms with E-state index in [1.165, 1.54) is 0 Å². The van der Waals surface area contributed by atoms with Gasteiger partial charge < -0.3 is 5.73 Å². The van der Waals surface area contributed by atoms with Crippen molar-refractivity contribution in [3.63, 3.8) is 0 Å². The number of nitrogen functional groups attached to an aromatic ring is 1. The molecule has 1 aromatic rings. The summed E-state index contributed by atoms with van der Waals surface area (Å²) in [4.78, 5) is -0.636. The topological polar surface area (TPSA) is 72.2 Å². The first-order valence-corrected chi connectivity index (χ1v) is 8.38. The van der Waals surface area contributed by atoms with E-state index in [1.807, 2.05) is 13.2 Å². The van der Waals surface area contributed by atoms with E-state index in [0.29, 0.717) is 6.07 Å². The van der Waals surface area contributed by atoms with Gasteiger partial charge in [-0.2, -0.15) is 11.8 Å². The largest absolute Gasteiger partial charge is 0.396 e. The standard InChI is InChI=1S/C11H16F2N2O2S2/c1-7(6-18-2)5-15-19(16,17)11-4-10(14)8(12)3-9(11)13/h3-4,7,15H,5-6,14H2,1-2H3.